The molecule has 0 aliphatic carbocycles. The minimum absolute atomic E-state index is 0.0692. The van der Waals surface area contributed by atoms with Crippen LogP contribution in [0.25, 0.3) is 0 Å². The van der Waals surface area contributed by atoms with Gasteiger partial charge in [0.2, 0.25) is 5.88 Å². The lowest BCUT2D eigenvalue weighted by molar-refractivity contribution is 0.0485. The minimum Gasteiger partial charge on any atom is -0.481 e. The Morgan fingerprint density at radius 2 is 1.82 bits per heavy atom. The van der Waals surface area contributed by atoms with E-state index in [2.05, 4.69) is 4.98 Å². The molecule has 1 aromatic heterocycles. The lowest BCUT2D eigenvalue weighted by Gasteiger charge is -2.37. The number of methoxy groups -OCH3 is 1. The van der Waals surface area contributed by atoms with Gasteiger partial charge in [-0.25, -0.2) is 9.78 Å². The number of aromatic nitrogens is 1. The van der Waals surface area contributed by atoms with Crippen molar-refractivity contribution in [3.05, 3.63) is 59.8 Å². The highest BCUT2D eigenvalue weighted by Crippen LogP contribution is 2.40. The van der Waals surface area contributed by atoms with Gasteiger partial charge in [0.25, 0.3) is 0 Å². The summed E-state index contributed by atoms with van der Waals surface area (Å²) in [6.07, 6.45) is 4.54. The van der Waals surface area contributed by atoms with Crippen LogP contribution in [0.2, 0.25) is 0 Å². The second-order valence-electron chi connectivity index (χ2n) is 7.45. The topological polar surface area (TPSA) is 68.7 Å². The number of ketones is 1. The van der Waals surface area contributed by atoms with Crippen LogP contribution in [0.1, 0.15) is 41.6 Å². The third-order valence-corrected chi connectivity index (χ3v) is 5.75. The smallest absolute Gasteiger partial charge is 0.410 e. The van der Waals surface area contributed by atoms with E-state index in [0.29, 0.717) is 24.3 Å². The largest absolute Gasteiger partial charge is 0.481 e. The normalized spacial score (nSPS) is 23.3. The molecule has 2 aliphatic heterocycles. The van der Waals surface area contributed by atoms with Crippen LogP contribution in [0.4, 0.5) is 4.79 Å². The van der Waals surface area contributed by atoms with Crippen LogP contribution in [-0.4, -0.2) is 41.0 Å². The standard InChI is InChI=1S/C22H24N2O4/c1-27-20-13-16(9-10-23-20)21(25)17-11-18-7-8-19(12-17)24(18)22(26)28-14-15-5-3-2-4-6-15/h2-6,9-10,13,17-19H,7-8,11-12,14H2,1H3. The summed E-state index contributed by atoms with van der Waals surface area (Å²) in [4.78, 5) is 31.5. The highest BCUT2D eigenvalue weighted by molar-refractivity contribution is 5.98. The molecule has 2 unspecified atom stereocenters. The van der Waals surface area contributed by atoms with E-state index in [1.54, 1.807) is 18.3 Å². The molecule has 3 heterocycles. The van der Waals surface area contributed by atoms with Gasteiger partial charge in [-0.1, -0.05) is 30.3 Å². The van der Waals surface area contributed by atoms with Gasteiger partial charge in [0.15, 0.2) is 5.78 Å². The number of Topliss-reactive ketones (excluding diaryl/α,β-unsaturated/α-hetero) is 1. The van der Waals surface area contributed by atoms with E-state index in [1.165, 1.54) is 7.11 Å². The van der Waals surface area contributed by atoms with Crippen molar-refractivity contribution in [1.29, 1.82) is 0 Å². The number of piperidine rings is 1. The molecular formula is C22H24N2O4. The average molecular weight is 380 g/mol. The first-order valence-electron chi connectivity index (χ1n) is 9.69. The maximum Gasteiger partial charge on any atom is 0.410 e. The Morgan fingerprint density at radius 1 is 1.11 bits per heavy atom. The lowest BCUT2D eigenvalue weighted by Crippen LogP contribution is -2.48. The number of ether oxygens (including phenoxy) is 2. The maximum atomic E-state index is 13.0. The highest BCUT2D eigenvalue weighted by Gasteiger charge is 2.45. The molecule has 2 fully saturated rings. The van der Waals surface area contributed by atoms with Gasteiger partial charge < -0.3 is 14.4 Å². The van der Waals surface area contributed by atoms with Gasteiger partial charge in [-0.15, -0.1) is 0 Å². The van der Waals surface area contributed by atoms with Gasteiger partial charge in [-0.2, -0.15) is 0 Å². The molecule has 6 heteroatoms. The van der Waals surface area contributed by atoms with Crippen LogP contribution < -0.4 is 4.74 Å². The molecule has 2 saturated heterocycles. The predicted molar refractivity (Wildman–Crippen MR) is 103 cm³/mol. The van der Waals surface area contributed by atoms with E-state index in [1.807, 2.05) is 35.2 Å². The first-order valence-corrected chi connectivity index (χ1v) is 9.69. The van der Waals surface area contributed by atoms with Gasteiger partial charge in [-0.05, 0) is 37.3 Å². The van der Waals surface area contributed by atoms with E-state index in [0.717, 1.165) is 18.4 Å². The van der Waals surface area contributed by atoms with Gasteiger partial charge in [0.05, 0.1) is 7.11 Å². The minimum atomic E-state index is -0.271. The van der Waals surface area contributed by atoms with Gasteiger partial charge in [0, 0.05) is 35.8 Å². The molecule has 0 saturated carbocycles. The van der Waals surface area contributed by atoms with E-state index in [-0.39, 0.29) is 36.5 Å². The quantitative estimate of drug-likeness (QED) is 0.737. The molecule has 4 rings (SSSR count). The molecule has 0 N–H and O–H groups in total. The zero-order valence-corrected chi connectivity index (χ0v) is 15.9. The predicted octanol–water partition coefficient (Wildman–Crippen LogP) is 3.85. The molecule has 0 spiro atoms. The number of hydrogen-bond donors (Lipinski definition) is 0. The second-order valence-corrected chi connectivity index (χ2v) is 7.45. The van der Waals surface area contributed by atoms with Crippen LogP contribution in [0.3, 0.4) is 0 Å². The number of carbonyl (C=O) groups is 2. The molecule has 0 radical (unpaired) electrons. The molecule has 28 heavy (non-hydrogen) atoms. The summed E-state index contributed by atoms with van der Waals surface area (Å²) >= 11 is 0. The number of pyridine rings is 1. The summed E-state index contributed by atoms with van der Waals surface area (Å²) in [5.41, 5.74) is 1.59. The number of hydrogen-bond acceptors (Lipinski definition) is 5. The Balaban J connectivity index is 1.40. The van der Waals surface area contributed by atoms with Crippen molar-refractivity contribution >= 4 is 11.9 Å². The van der Waals surface area contributed by atoms with Crippen LogP contribution in [-0.2, 0) is 11.3 Å². The van der Waals surface area contributed by atoms with Gasteiger partial charge in [0.1, 0.15) is 6.61 Å². The van der Waals surface area contributed by atoms with Crippen LogP contribution in [0, 0.1) is 5.92 Å². The Labute approximate surface area is 164 Å². The molecule has 6 nitrogen and oxygen atoms in total. The van der Waals surface area contributed by atoms with Crippen molar-refractivity contribution in [2.75, 3.05) is 7.11 Å². The SMILES string of the molecule is COc1cc(C(=O)C2CC3CCC(C2)N3C(=O)OCc2ccccc2)ccn1. The van der Waals surface area contributed by atoms with E-state index >= 15 is 0 Å². The summed E-state index contributed by atoms with van der Waals surface area (Å²) in [7, 11) is 1.54. The van der Waals surface area contributed by atoms with Gasteiger partial charge >= 0.3 is 6.09 Å². The third-order valence-electron chi connectivity index (χ3n) is 5.75. The molecule has 2 aromatic rings. The summed E-state index contributed by atoms with van der Waals surface area (Å²) in [5.74, 6) is 0.466. The summed E-state index contributed by atoms with van der Waals surface area (Å²) in [6.45, 7) is 0.273. The van der Waals surface area contributed by atoms with E-state index in [9.17, 15) is 9.59 Å². The molecular weight excluding hydrogens is 356 g/mol. The van der Waals surface area contributed by atoms with Crippen molar-refractivity contribution in [2.24, 2.45) is 5.92 Å². The number of amides is 1. The number of rotatable bonds is 5. The molecule has 2 bridgehead atoms. The summed E-state index contributed by atoms with van der Waals surface area (Å²) in [6, 6.07) is 13.2. The lowest BCUT2D eigenvalue weighted by atomic mass is 9.85. The summed E-state index contributed by atoms with van der Waals surface area (Å²) < 4.78 is 10.7. The number of benzene rings is 1. The number of nitrogens with zero attached hydrogens (tertiary/aromatic N) is 2. The second kappa shape index (κ2) is 8.00. The molecule has 2 aliphatic rings. The van der Waals surface area contributed by atoms with E-state index in [4.69, 9.17) is 9.47 Å². The van der Waals surface area contributed by atoms with Crippen molar-refractivity contribution in [3.8, 4) is 5.88 Å². The van der Waals surface area contributed by atoms with Crippen LogP contribution in [0.15, 0.2) is 48.7 Å². The zero-order chi connectivity index (χ0) is 19.5. The number of fused-ring (bicyclic) bond motifs is 2. The first kappa shape index (κ1) is 18.5. The molecule has 146 valence electrons. The molecule has 1 aromatic carbocycles. The van der Waals surface area contributed by atoms with Crippen molar-refractivity contribution in [3.63, 3.8) is 0 Å². The zero-order valence-electron chi connectivity index (χ0n) is 15.9. The Hall–Kier alpha value is -2.89. The third kappa shape index (κ3) is 3.72. The Kier molecular flexibility index (Phi) is 5.28. The molecule has 2 atom stereocenters. The molecule has 1 amide bonds. The van der Waals surface area contributed by atoms with Crippen molar-refractivity contribution < 1.29 is 19.1 Å². The van der Waals surface area contributed by atoms with Crippen molar-refractivity contribution in [2.45, 2.75) is 44.4 Å². The fourth-order valence-electron chi connectivity index (χ4n) is 4.39. The maximum absolute atomic E-state index is 13.0. The van der Waals surface area contributed by atoms with E-state index < -0.39 is 0 Å². The van der Waals surface area contributed by atoms with Crippen LogP contribution >= 0.6 is 0 Å². The monoisotopic (exact) mass is 380 g/mol. The fraction of sp³-hybridized carbons (Fsp3) is 0.409. The van der Waals surface area contributed by atoms with Crippen molar-refractivity contribution in [1.82, 2.24) is 9.88 Å². The Morgan fingerprint density at radius 3 is 2.50 bits per heavy atom. The van der Waals surface area contributed by atoms with Gasteiger partial charge in [-0.3, -0.25) is 4.79 Å². The fourth-order valence-corrected chi connectivity index (χ4v) is 4.39. The van der Waals surface area contributed by atoms with Crippen LogP contribution in [0.5, 0.6) is 5.88 Å². The first-order chi connectivity index (χ1) is 13.7. The summed E-state index contributed by atoms with van der Waals surface area (Å²) in [5, 5.41) is 0. The average Bonchev–Trinajstić information content (AvgIpc) is 3.01. The number of carbonyl (C=O) groups excluding carboxylic acids is 2. The highest BCUT2D eigenvalue weighted by atomic mass is 16.6. The Bertz CT molecular complexity index is 841.